The number of rotatable bonds is 7. The molecule has 1 aromatic heterocycles. The molecule has 1 fully saturated rings. The van der Waals surface area contributed by atoms with E-state index >= 15 is 0 Å². The lowest BCUT2D eigenvalue weighted by Gasteiger charge is -2.21. The molecule has 1 amide bonds. The zero-order valence-corrected chi connectivity index (χ0v) is 17.2. The number of likely N-dealkylation sites (tertiary alicyclic amines) is 1. The van der Waals surface area contributed by atoms with E-state index in [0.29, 0.717) is 36.2 Å². The standard InChI is InChI=1S/C23H25N3O4/c1-28-19-12-11-17(15-20(19)29-2)22-24-23(30-25-22)18-9-6-14-26(18)21(27)13-10-16-7-4-3-5-8-16/h3-5,7-8,11-12,15,18H,6,9-10,13-14H2,1-2H3. The molecular weight excluding hydrogens is 382 g/mol. The topological polar surface area (TPSA) is 77.7 Å². The van der Waals surface area contributed by atoms with Gasteiger partial charge in [-0.25, -0.2) is 0 Å². The minimum Gasteiger partial charge on any atom is -0.493 e. The molecule has 4 rings (SSSR count). The Morgan fingerprint density at radius 2 is 1.93 bits per heavy atom. The summed E-state index contributed by atoms with van der Waals surface area (Å²) in [6.45, 7) is 0.715. The van der Waals surface area contributed by atoms with Gasteiger partial charge in [-0.05, 0) is 43.0 Å². The van der Waals surface area contributed by atoms with Crippen molar-refractivity contribution in [3.05, 3.63) is 60.0 Å². The Bertz CT molecular complexity index is 1000. The van der Waals surface area contributed by atoms with Crippen LogP contribution in [0.1, 0.15) is 36.8 Å². The van der Waals surface area contributed by atoms with Crippen LogP contribution in [0.4, 0.5) is 0 Å². The van der Waals surface area contributed by atoms with Crippen molar-refractivity contribution in [2.24, 2.45) is 0 Å². The van der Waals surface area contributed by atoms with Crippen LogP contribution in [-0.2, 0) is 11.2 Å². The first-order valence-corrected chi connectivity index (χ1v) is 10.1. The highest BCUT2D eigenvalue weighted by Crippen LogP contribution is 2.34. The molecule has 0 radical (unpaired) electrons. The molecule has 1 aliphatic heterocycles. The molecule has 30 heavy (non-hydrogen) atoms. The summed E-state index contributed by atoms with van der Waals surface area (Å²) in [5.41, 5.74) is 1.93. The molecule has 3 aromatic rings. The van der Waals surface area contributed by atoms with Gasteiger partial charge in [-0.3, -0.25) is 4.79 Å². The number of methoxy groups -OCH3 is 2. The quantitative estimate of drug-likeness (QED) is 0.588. The van der Waals surface area contributed by atoms with Gasteiger partial charge < -0.3 is 18.9 Å². The molecule has 0 bridgehead atoms. The van der Waals surface area contributed by atoms with E-state index in [-0.39, 0.29) is 11.9 Å². The fraction of sp³-hybridized carbons (Fsp3) is 0.348. The summed E-state index contributed by atoms with van der Waals surface area (Å²) < 4.78 is 16.2. The van der Waals surface area contributed by atoms with E-state index in [9.17, 15) is 4.79 Å². The largest absolute Gasteiger partial charge is 0.493 e. The van der Waals surface area contributed by atoms with Crippen LogP contribution in [0, 0.1) is 0 Å². The van der Waals surface area contributed by atoms with Crippen LogP contribution in [0.25, 0.3) is 11.4 Å². The molecule has 1 unspecified atom stereocenters. The maximum absolute atomic E-state index is 12.8. The Kier molecular flexibility index (Phi) is 5.97. The predicted octanol–water partition coefficient (Wildman–Crippen LogP) is 4.05. The van der Waals surface area contributed by atoms with Gasteiger partial charge in [0, 0.05) is 18.5 Å². The third-order valence-corrected chi connectivity index (χ3v) is 5.41. The summed E-state index contributed by atoms with van der Waals surface area (Å²) in [5, 5.41) is 4.13. The van der Waals surface area contributed by atoms with Crippen molar-refractivity contribution >= 4 is 5.91 Å². The lowest BCUT2D eigenvalue weighted by molar-refractivity contribution is -0.132. The number of benzene rings is 2. The normalized spacial score (nSPS) is 15.9. The second-order valence-electron chi connectivity index (χ2n) is 7.26. The molecule has 156 valence electrons. The molecule has 2 aromatic carbocycles. The van der Waals surface area contributed by atoms with E-state index in [1.54, 1.807) is 20.3 Å². The lowest BCUT2D eigenvalue weighted by atomic mass is 10.1. The van der Waals surface area contributed by atoms with Gasteiger partial charge in [-0.1, -0.05) is 35.5 Å². The van der Waals surface area contributed by atoms with Crippen molar-refractivity contribution in [1.82, 2.24) is 15.0 Å². The number of carbonyl (C=O) groups excluding carboxylic acids is 1. The van der Waals surface area contributed by atoms with Crippen LogP contribution in [0.2, 0.25) is 0 Å². The summed E-state index contributed by atoms with van der Waals surface area (Å²) in [6.07, 6.45) is 2.95. The number of hydrogen-bond acceptors (Lipinski definition) is 6. The molecule has 0 saturated carbocycles. The molecule has 7 heteroatoms. The SMILES string of the molecule is COc1ccc(-c2noc(C3CCCN3C(=O)CCc3ccccc3)n2)cc1OC. The minimum atomic E-state index is -0.172. The van der Waals surface area contributed by atoms with Crippen LogP contribution in [-0.4, -0.2) is 41.7 Å². The number of amides is 1. The van der Waals surface area contributed by atoms with Gasteiger partial charge >= 0.3 is 0 Å². The van der Waals surface area contributed by atoms with Gasteiger partial charge in [-0.15, -0.1) is 0 Å². The number of aromatic nitrogens is 2. The molecule has 2 heterocycles. The number of nitrogens with zero attached hydrogens (tertiary/aromatic N) is 3. The molecule has 1 saturated heterocycles. The second kappa shape index (κ2) is 8.98. The van der Waals surface area contributed by atoms with E-state index < -0.39 is 0 Å². The van der Waals surface area contributed by atoms with E-state index in [0.717, 1.165) is 30.4 Å². The van der Waals surface area contributed by atoms with Gasteiger partial charge in [0.25, 0.3) is 0 Å². The minimum absolute atomic E-state index is 0.118. The van der Waals surface area contributed by atoms with E-state index in [2.05, 4.69) is 10.1 Å². The molecule has 0 aliphatic carbocycles. The Morgan fingerprint density at radius 1 is 1.13 bits per heavy atom. The van der Waals surface area contributed by atoms with Gasteiger partial charge in [0.05, 0.1) is 14.2 Å². The van der Waals surface area contributed by atoms with Crippen LogP contribution in [0.15, 0.2) is 53.1 Å². The fourth-order valence-corrected chi connectivity index (χ4v) is 3.82. The molecule has 0 spiro atoms. The molecule has 1 atom stereocenters. The Labute approximate surface area is 175 Å². The number of ether oxygens (including phenoxy) is 2. The van der Waals surface area contributed by atoms with Crippen molar-refractivity contribution in [1.29, 1.82) is 0 Å². The van der Waals surface area contributed by atoms with Crippen LogP contribution < -0.4 is 9.47 Å². The second-order valence-corrected chi connectivity index (χ2v) is 7.26. The summed E-state index contributed by atoms with van der Waals surface area (Å²) in [7, 11) is 3.17. The Balaban J connectivity index is 1.47. The Hall–Kier alpha value is -3.35. The highest BCUT2D eigenvalue weighted by molar-refractivity contribution is 5.77. The average Bonchev–Trinajstić information content (AvgIpc) is 3.47. The van der Waals surface area contributed by atoms with E-state index in [4.69, 9.17) is 14.0 Å². The molecular formula is C23H25N3O4. The first-order valence-electron chi connectivity index (χ1n) is 10.1. The van der Waals surface area contributed by atoms with Gasteiger partial charge in [-0.2, -0.15) is 4.98 Å². The fourth-order valence-electron chi connectivity index (χ4n) is 3.82. The Morgan fingerprint density at radius 3 is 2.70 bits per heavy atom. The van der Waals surface area contributed by atoms with E-state index in [1.807, 2.05) is 47.4 Å². The van der Waals surface area contributed by atoms with Crippen molar-refractivity contribution in [3.63, 3.8) is 0 Å². The molecule has 0 N–H and O–H groups in total. The van der Waals surface area contributed by atoms with Crippen molar-refractivity contribution in [3.8, 4) is 22.9 Å². The zero-order chi connectivity index (χ0) is 20.9. The van der Waals surface area contributed by atoms with Crippen LogP contribution in [0.3, 0.4) is 0 Å². The number of aryl methyl sites for hydroxylation is 1. The monoisotopic (exact) mass is 407 g/mol. The first-order chi connectivity index (χ1) is 14.7. The maximum Gasteiger partial charge on any atom is 0.249 e. The zero-order valence-electron chi connectivity index (χ0n) is 17.2. The third-order valence-electron chi connectivity index (χ3n) is 5.41. The van der Waals surface area contributed by atoms with Crippen molar-refractivity contribution in [2.75, 3.05) is 20.8 Å². The summed E-state index contributed by atoms with van der Waals surface area (Å²) in [6, 6.07) is 15.4. The summed E-state index contributed by atoms with van der Waals surface area (Å²) in [5.74, 6) is 2.29. The average molecular weight is 407 g/mol. The summed E-state index contributed by atoms with van der Waals surface area (Å²) >= 11 is 0. The van der Waals surface area contributed by atoms with Crippen molar-refractivity contribution in [2.45, 2.75) is 31.7 Å². The first kappa shape index (κ1) is 19.9. The van der Waals surface area contributed by atoms with Gasteiger partial charge in [0.1, 0.15) is 6.04 Å². The van der Waals surface area contributed by atoms with Gasteiger partial charge in [0.2, 0.25) is 17.6 Å². The highest BCUT2D eigenvalue weighted by Gasteiger charge is 2.33. The summed E-state index contributed by atoms with van der Waals surface area (Å²) in [4.78, 5) is 19.3. The molecule has 7 nitrogen and oxygen atoms in total. The van der Waals surface area contributed by atoms with Crippen LogP contribution in [0.5, 0.6) is 11.5 Å². The van der Waals surface area contributed by atoms with E-state index in [1.165, 1.54) is 0 Å². The van der Waals surface area contributed by atoms with Crippen LogP contribution >= 0.6 is 0 Å². The number of carbonyl (C=O) groups is 1. The highest BCUT2D eigenvalue weighted by atomic mass is 16.5. The number of hydrogen-bond donors (Lipinski definition) is 0. The van der Waals surface area contributed by atoms with Crippen molar-refractivity contribution < 1.29 is 18.8 Å². The molecule has 1 aliphatic rings. The maximum atomic E-state index is 12.8. The lowest BCUT2D eigenvalue weighted by Crippen LogP contribution is -2.30. The third kappa shape index (κ3) is 4.15. The smallest absolute Gasteiger partial charge is 0.249 e. The predicted molar refractivity (Wildman–Crippen MR) is 111 cm³/mol. The van der Waals surface area contributed by atoms with Gasteiger partial charge in [0.15, 0.2) is 11.5 Å².